The zero-order valence-corrected chi connectivity index (χ0v) is 20.3. The van der Waals surface area contributed by atoms with E-state index in [0.29, 0.717) is 28.5 Å². The molecule has 0 aliphatic heterocycles. The third-order valence-electron chi connectivity index (χ3n) is 5.19. The van der Waals surface area contributed by atoms with Crippen molar-refractivity contribution < 1.29 is 28.7 Å². The van der Waals surface area contributed by atoms with Crippen LogP contribution in [0.1, 0.15) is 16.7 Å². The van der Waals surface area contributed by atoms with Crippen LogP contribution in [-0.2, 0) is 4.79 Å². The third kappa shape index (κ3) is 6.20. The Balaban J connectivity index is 1.79. The first-order chi connectivity index (χ1) is 17.4. The number of ether oxygens (including phenoxy) is 4. The van der Waals surface area contributed by atoms with Gasteiger partial charge >= 0.3 is 5.69 Å². The molecule has 0 bridgehead atoms. The van der Waals surface area contributed by atoms with Gasteiger partial charge in [0.05, 0.1) is 33.4 Å². The number of methoxy groups -OCH3 is 4. The normalized spacial score (nSPS) is 10.9. The van der Waals surface area contributed by atoms with Gasteiger partial charge in [-0.15, -0.1) is 0 Å². The van der Waals surface area contributed by atoms with Gasteiger partial charge in [0, 0.05) is 17.8 Å². The first-order valence-electron chi connectivity index (χ1n) is 10.8. The molecule has 0 heterocycles. The van der Waals surface area contributed by atoms with Crippen molar-refractivity contribution in [3.63, 3.8) is 0 Å². The highest BCUT2D eigenvalue weighted by molar-refractivity contribution is 6.03. The Morgan fingerprint density at radius 2 is 1.44 bits per heavy atom. The number of amides is 1. The van der Waals surface area contributed by atoms with E-state index in [9.17, 15) is 14.9 Å². The number of nitro groups is 1. The average Bonchev–Trinajstić information content (AvgIpc) is 2.90. The van der Waals surface area contributed by atoms with Crippen molar-refractivity contribution >= 4 is 35.5 Å². The monoisotopic (exact) mass is 490 g/mol. The van der Waals surface area contributed by atoms with Crippen LogP contribution in [0.2, 0.25) is 0 Å². The largest absolute Gasteiger partial charge is 0.493 e. The maximum absolute atomic E-state index is 12.6. The highest BCUT2D eigenvalue weighted by atomic mass is 16.6. The van der Waals surface area contributed by atoms with Crippen molar-refractivity contribution in [3.05, 3.63) is 87.5 Å². The van der Waals surface area contributed by atoms with Crippen molar-refractivity contribution in [3.8, 4) is 23.0 Å². The lowest BCUT2D eigenvalue weighted by Gasteiger charge is -2.13. The van der Waals surface area contributed by atoms with E-state index in [4.69, 9.17) is 18.9 Å². The molecule has 1 amide bonds. The van der Waals surface area contributed by atoms with E-state index in [-0.39, 0.29) is 17.3 Å². The molecule has 0 spiro atoms. The van der Waals surface area contributed by atoms with Gasteiger partial charge in [-0.3, -0.25) is 14.9 Å². The van der Waals surface area contributed by atoms with E-state index in [2.05, 4.69) is 5.32 Å². The van der Waals surface area contributed by atoms with Crippen molar-refractivity contribution in [2.45, 2.75) is 0 Å². The van der Waals surface area contributed by atoms with E-state index in [1.54, 1.807) is 39.5 Å². The molecule has 0 radical (unpaired) electrons. The van der Waals surface area contributed by atoms with Crippen LogP contribution >= 0.6 is 0 Å². The van der Waals surface area contributed by atoms with Crippen molar-refractivity contribution in [2.75, 3.05) is 33.8 Å². The van der Waals surface area contributed by atoms with Gasteiger partial charge in [0.1, 0.15) is 0 Å². The van der Waals surface area contributed by atoms with Crippen LogP contribution in [-0.4, -0.2) is 39.3 Å². The summed E-state index contributed by atoms with van der Waals surface area (Å²) in [6.07, 6.45) is 6.63. The van der Waals surface area contributed by atoms with E-state index >= 15 is 0 Å². The molecule has 0 aliphatic carbocycles. The summed E-state index contributed by atoms with van der Waals surface area (Å²) in [5.74, 6) is 1.32. The Kier molecular flexibility index (Phi) is 8.66. The van der Waals surface area contributed by atoms with Gasteiger partial charge in [-0.05, 0) is 53.1 Å². The van der Waals surface area contributed by atoms with Crippen LogP contribution in [0.3, 0.4) is 0 Å². The Bertz CT molecular complexity index is 1290. The van der Waals surface area contributed by atoms with Crippen LogP contribution in [0.25, 0.3) is 18.2 Å². The second-order valence-corrected chi connectivity index (χ2v) is 7.39. The Hall–Kier alpha value is -4.79. The number of nitrogens with zero attached hydrogens (tertiary/aromatic N) is 1. The SMILES string of the molecule is COc1cc(/C=C/C(=O)Nc2ccccc2/C=C/c2cc(OC)c(OC)c(OC)c2)ccc1[N+](=O)[O-]. The molecular weight excluding hydrogens is 464 g/mol. The molecule has 3 aromatic carbocycles. The molecule has 9 heteroatoms. The molecule has 0 saturated carbocycles. The van der Waals surface area contributed by atoms with Crippen molar-refractivity contribution in [1.82, 2.24) is 0 Å². The number of rotatable bonds is 10. The summed E-state index contributed by atoms with van der Waals surface area (Å²) in [7, 11) is 6.00. The maximum atomic E-state index is 12.6. The minimum Gasteiger partial charge on any atom is -0.493 e. The van der Waals surface area contributed by atoms with Gasteiger partial charge in [0.25, 0.3) is 0 Å². The summed E-state index contributed by atoms with van der Waals surface area (Å²) >= 11 is 0. The molecular formula is C27H26N2O7. The summed E-state index contributed by atoms with van der Waals surface area (Å²) in [5, 5.41) is 13.9. The summed E-state index contributed by atoms with van der Waals surface area (Å²) in [5.41, 5.74) is 2.65. The molecule has 1 N–H and O–H groups in total. The van der Waals surface area contributed by atoms with E-state index < -0.39 is 4.92 Å². The van der Waals surface area contributed by atoms with Gasteiger partial charge in [-0.25, -0.2) is 0 Å². The topological polar surface area (TPSA) is 109 Å². The number of carbonyl (C=O) groups is 1. The standard InChI is InChI=1S/C27H26N2O7/c1-33-23-15-18(10-13-22(23)29(31)32)11-14-26(30)28-21-8-6-5-7-20(21)12-9-19-16-24(34-2)27(36-4)25(17-19)35-3/h5-17H,1-4H3,(H,28,30)/b12-9+,14-11+. The van der Waals surface area contributed by atoms with Crippen LogP contribution in [0.4, 0.5) is 11.4 Å². The molecule has 3 aromatic rings. The molecule has 0 aromatic heterocycles. The van der Waals surface area contributed by atoms with Gasteiger partial charge in [0.2, 0.25) is 11.7 Å². The minimum absolute atomic E-state index is 0.116. The third-order valence-corrected chi connectivity index (χ3v) is 5.19. The smallest absolute Gasteiger partial charge is 0.310 e. The predicted octanol–water partition coefficient (Wildman–Crippen LogP) is 5.45. The Morgan fingerprint density at radius 1 is 0.806 bits per heavy atom. The first kappa shape index (κ1) is 25.8. The molecule has 36 heavy (non-hydrogen) atoms. The number of nitro benzene ring substituents is 1. The minimum atomic E-state index is -0.526. The summed E-state index contributed by atoms with van der Waals surface area (Å²) in [6.45, 7) is 0. The lowest BCUT2D eigenvalue weighted by molar-refractivity contribution is -0.385. The van der Waals surface area contributed by atoms with E-state index in [0.717, 1.165) is 11.1 Å². The molecule has 0 aliphatic rings. The molecule has 0 saturated heterocycles. The molecule has 3 rings (SSSR count). The number of para-hydroxylation sites is 1. The first-order valence-corrected chi connectivity index (χ1v) is 10.8. The second kappa shape index (κ2) is 12.1. The molecule has 0 unspecified atom stereocenters. The predicted molar refractivity (Wildman–Crippen MR) is 139 cm³/mol. The highest BCUT2D eigenvalue weighted by Gasteiger charge is 2.14. The number of hydrogen-bond donors (Lipinski definition) is 1. The number of carbonyl (C=O) groups excluding carboxylic acids is 1. The number of benzene rings is 3. The zero-order chi connectivity index (χ0) is 26.1. The van der Waals surface area contributed by atoms with Crippen LogP contribution < -0.4 is 24.3 Å². The van der Waals surface area contributed by atoms with Gasteiger partial charge < -0.3 is 24.3 Å². The van der Waals surface area contributed by atoms with Crippen LogP contribution in [0.15, 0.2) is 60.7 Å². The maximum Gasteiger partial charge on any atom is 0.310 e. The fourth-order valence-corrected chi connectivity index (χ4v) is 3.43. The second-order valence-electron chi connectivity index (χ2n) is 7.39. The van der Waals surface area contributed by atoms with E-state index in [1.165, 1.54) is 25.3 Å². The lowest BCUT2D eigenvalue weighted by atomic mass is 10.1. The van der Waals surface area contributed by atoms with Crippen molar-refractivity contribution in [1.29, 1.82) is 0 Å². The fraction of sp³-hybridized carbons (Fsp3) is 0.148. The summed E-state index contributed by atoms with van der Waals surface area (Å²) in [6, 6.07) is 15.3. The van der Waals surface area contributed by atoms with Crippen LogP contribution in [0, 0.1) is 10.1 Å². The lowest BCUT2D eigenvalue weighted by Crippen LogP contribution is -2.08. The van der Waals surface area contributed by atoms with Crippen LogP contribution in [0.5, 0.6) is 23.0 Å². The Labute approximate surface area is 208 Å². The molecule has 0 atom stereocenters. The Morgan fingerprint density at radius 3 is 2.06 bits per heavy atom. The number of nitrogens with one attached hydrogen (secondary N) is 1. The summed E-state index contributed by atoms with van der Waals surface area (Å²) in [4.78, 5) is 23.1. The summed E-state index contributed by atoms with van der Waals surface area (Å²) < 4.78 is 21.2. The molecule has 0 fully saturated rings. The van der Waals surface area contributed by atoms with Gasteiger partial charge in [0.15, 0.2) is 17.2 Å². The van der Waals surface area contributed by atoms with Gasteiger partial charge in [-0.1, -0.05) is 30.4 Å². The quantitative estimate of drug-likeness (QED) is 0.174. The zero-order valence-electron chi connectivity index (χ0n) is 20.3. The fourth-order valence-electron chi connectivity index (χ4n) is 3.43. The average molecular weight is 491 g/mol. The molecule has 186 valence electrons. The van der Waals surface area contributed by atoms with E-state index in [1.807, 2.05) is 42.5 Å². The van der Waals surface area contributed by atoms with Gasteiger partial charge in [-0.2, -0.15) is 0 Å². The molecule has 9 nitrogen and oxygen atoms in total. The number of hydrogen-bond acceptors (Lipinski definition) is 7. The van der Waals surface area contributed by atoms with Crippen molar-refractivity contribution in [2.24, 2.45) is 0 Å². The number of anilines is 1. The highest BCUT2D eigenvalue weighted by Crippen LogP contribution is 2.38.